The lowest BCUT2D eigenvalue weighted by Gasteiger charge is -2.32. The maximum atomic E-state index is 13.4. The lowest BCUT2D eigenvalue weighted by atomic mass is 9.84. The van der Waals surface area contributed by atoms with Gasteiger partial charge in [0.25, 0.3) is 10.0 Å². The number of anilines is 2. The molecule has 162 valence electrons. The highest BCUT2D eigenvalue weighted by atomic mass is 32.2. The van der Waals surface area contributed by atoms with Crippen molar-refractivity contribution in [1.29, 1.82) is 0 Å². The highest BCUT2D eigenvalue weighted by Crippen LogP contribution is 2.37. The highest BCUT2D eigenvalue weighted by molar-refractivity contribution is 7.93. The maximum Gasteiger partial charge on any atom is 0.264 e. The largest absolute Gasteiger partial charge is 0.283 e. The van der Waals surface area contributed by atoms with Gasteiger partial charge in [0.05, 0.1) is 22.5 Å². The molecule has 1 aliphatic heterocycles. The molecule has 1 fully saturated rings. The van der Waals surface area contributed by atoms with Crippen molar-refractivity contribution >= 4 is 31.4 Å². The molecule has 2 aromatic carbocycles. The minimum absolute atomic E-state index is 0.274. The Morgan fingerprint density at radius 2 is 1.60 bits per heavy atom. The number of benzene rings is 2. The van der Waals surface area contributed by atoms with E-state index in [1.54, 1.807) is 30.3 Å². The van der Waals surface area contributed by atoms with Gasteiger partial charge < -0.3 is 0 Å². The molecule has 0 amide bonds. The predicted molar refractivity (Wildman–Crippen MR) is 120 cm³/mol. The standard InChI is InChI=1S/C22H28N2O4S2/c1-29(25,26)23-21-10-5-11-22-20(21)9-6-16-24(22)30(27,28)19-14-12-18(13-15-19)17-7-3-2-4-8-17/h5,10-15,17,23H,2-4,6-9,16H2,1H3. The summed E-state index contributed by atoms with van der Waals surface area (Å²) in [6.07, 6.45) is 8.45. The summed E-state index contributed by atoms with van der Waals surface area (Å²) in [5, 5.41) is 0. The molecule has 2 aliphatic rings. The van der Waals surface area contributed by atoms with Crippen LogP contribution in [0.25, 0.3) is 0 Å². The van der Waals surface area contributed by atoms with E-state index in [1.807, 2.05) is 12.1 Å². The van der Waals surface area contributed by atoms with Crippen molar-refractivity contribution in [2.45, 2.75) is 55.8 Å². The Labute approximate surface area is 179 Å². The van der Waals surface area contributed by atoms with Gasteiger partial charge in [0.1, 0.15) is 0 Å². The van der Waals surface area contributed by atoms with Gasteiger partial charge in [-0.1, -0.05) is 37.5 Å². The van der Waals surface area contributed by atoms with Crippen molar-refractivity contribution < 1.29 is 16.8 Å². The zero-order valence-corrected chi connectivity index (χ0v) is 18.8. The number of hydrogen-bond donors (Lipinski definition) is 1. The van der Waals surface area contributed by atoms with E-state index in [2.05, 4.69) is 4.72 Å². The molecule has 0 radical (unpaired) electrons. The number of nitrogens with one attached hydrogen (secondary N) is 1. The minimum atomic E-state index is -3.73. The Hall–Kier alpha value is -2.06. The zero-order valence-electron chi connectivity index (χ0n) is 17.2. The summed E-state index contributed by atoms with van der Waals surface area (Å²) in [4.78, 5) is 0.274. The molecule has 2 aromatic rings. The third kappa shape index (κ3) is 4.34. The van der Waals surface area contributed by atoms with E-state index in [0.717, 1.165) is 11.8 Å². The normalized spacial score (nSPS) is 18.1. The van der Waals surface area contributed by atoms with E-state index in [9.17, 15) is 16.8 Å². The number of hydrogen-bond acceptors (Lipinski definition) is 4. The van der Waals surface area contributed by atoms with Crippen LogP contribution in [0.3, 0.4) is 0 Å². The molecule has 6 nitrogen and oxygen atoms in total. The van der Waals surface area contributed by atoms with Crippen LogP contribution in [0, 0.1) is 0 Å². The average molecular weight is 449 g/mol. The Bertz CT molecular complexity index is 1120. The van der Waals surface area contributed by atoms with E-state index >= 15 is 0 Å². The summed E-state index contributed by atoms with van der Waals surface area (Å²) in [5.41, 5.74) is 2.93. The molecule has 0 bridgehead atoms. The number of fused-ring (bicyclic) bond motifs is 1. The average Bonchev–Trinajstić information content (AvgIpc) is 2.73. The quantitative estimate of drug-likeness (QED) is 0.741. The second-order valence-corrected chi connectivity index (χ2v) is 11.9. The van der Waals surface area contributed by atoms with Crippen LogP contribution >= 0.6 is 0 Å². The fourth-order valence-electron chi connectivity index (χ4n) is 4.61. The topological polar surface area (TPSA) is 83.6 Å². The van der Waals surface area contributed by atoms with Gasteiger partial charge >= 0.3 is 0 Å². The van der Waals surface area contributed by atoms with Gasteiger partial charge in [-0.25, -0.2) is 16.8 Å². The van der Waals surface area contributed by atoms with Crippen LogP contribution in [0.1, 0.15) is 55.6 Å². The molecule has 0 atom stereocenters. The predicted octanol–water partition coefficient (Wildman–Crippen LogP) is 4.25. The molecule has 4 rings (SSSR count). The highest BCUT2D eigenvalue weighted by Gasteiger charge is 2.30. The van der Waals surface area contributed by atoms with Crippen LogP contribution in [-0.4, -0.2) is 29.6 Å². The van der Waals surface area contributed by atoms with Crippen molar-refractivity contribution in [3.05, 3.63) is 53.6 Å². The van der Waals surface area contributed by atoms with E-state index in [0.29, 0.717) is 36.7 Å². The van der Waals surface area contributed by atoms with E-state index in [1.165, 1.54) is 42.0 Å². The number of rotatable bonds is 5. The number of nitrogens with zero attached hydrogens (tertiary/aromatic N) is 1. The van der Waals surface area contributed by atoms with Crippen molar-refractivity contribution in [1.82, 2.24) is 0 Å². The molecular formula is C22H28N2O4S2. The van der Waals surface area contributed by atoms with Crippen molar-refractivity contribution in [2.24, 2.45) is 0 Å². The molecule has 1 aliphatic carbocycles. The van der Waals surface area contributed by atoms with Crippen LogP contribution in [-0.2, 0) is 26.5 Å². The zero-order chi connectivity index (χ0) is 21.4. The third-order valence-corrected chi connectivity index (χ3v) is 8.47. The Morgan fingerprint density at radius 3 is 2.27 bits per heavy atom. The smallest absolute Gasteiger partial charge is 0.264 e. The van der Waals surface area contributed by atoms with E-state index in [-0.39, 0.29) is 4.90 Å². The Kier molecular flexibility index (Phi) is 5.81. The van der Waals surface area contributed by atoms with Gasteiger partial charge in [-0.2, -0.15) is 0 Å². The lowest BCUT2D eigenvalue weighted by molar-refractivity contribution is 0.443. The maximum absolute atomic E-state index is 13.4. The van der Waals surface area contributed by atoms with Crippen molar-refractivity contribution in [3.8, 4) is 0 Å². The van der Waals surface area contributed by atoms with Crippen molar-refractivity contribution in [3.63, 3.8) is 0 Å². The SMILES string of the molecule is CS(=O)(=O)Nc1cccc2c1CCCN2S(=O)(=O)c1ccc(C2CCCCC2)cc1. The fourth-order valence-corrected chi connectivity index (χ4v) is 6.74. The second-order valence-electron chi connectivity index (χ2n) is 8.26. The Morgan fingerprint density at radius 1 is 0.900 bits per heavy atom. The molecular weight excluding hydrogens is 420 g/mol. The summed E-state index contributed by atoms with van der Waals surface area (Å²) in [6, 6.07) is 12.4. The van der Waals surface area contributed by atoms with Gasteiger partial charge in [-0.05, 0) is 61.4 Å². The molecule has 30 heavy (non-hydrogen) atoms. The van der Waals surface area contributed by atoms with E-state index < -0.39 is 20.0 Å². The fraction of sp³-hybridized carbons (Fsp3) is 0.455. The Balaban J connectivity index is 1.65. The molecule has 0 aromatic heterocycles. The first-order valence-corrected chi connectivity index (χ1v) is 13.8. The molecule has 1 N–H and O–H groups in total. The minimum Gasteiger partial charge on any atom is -0.283 e. The molecule has 1 heterocycles. The summed E-state index contributed by atoms with van der Waals surface area (Å²) in [6.45, 7) is 0.377. The first kappa shape index (κ1) is 21.2. The summed E-state index contributed by atoms with van der Waals surface area (Å²) >= 11 is 0. The molecule has 0 unspecified atom stereocenters. The van der Waals surface area contributed by atoms with Gasteiger partial charge in [-0.3, -0.25) is 9.03 Å². The van der Waals surface area contributed by atoms with Gasteiger partial charge in [-0.15, -0.1) is 0 Å². The van der Waals surface area contributed by atoms with Crippen LogP contribution in [0.4, 0.5) is 11.4 Å². The second kappa shape index (κ2) is 8.23. The van der Waals surface area contributed by atoms with Crippen LogP contribution in [0.5, 0.6) is 0 Å². The van der Waals surface area contributed by atoms with Crippen LogP contribution < -0.4 is 9.03 Å². The monoisotopic (exact) mass is 448 g/mol. The summed E-state index contributed by atoms with van der Waals surface area (Å²) in [7, 11) is -7.18. The van der Waals surface area contributed by atoms with E-state index in [4.69, 9.17) is 0 Å². The van der Waals surface area contributed by atoms with Crippen LogP contribution in [0.2, 0.25) is 0 Å². The van der Waals surface area contributed by atoms with Gasteiger partial charge in [0.2, 0.25) is 10.0 Å². The first-order chi connectivity index (χ1) is 14.3. The third-order valence-electron chi connectivity index (χ3n) is 6.05. The van der Waals surface area contributed by atoms with Gasteiger partial charge in [0, 0.05) is 12.1 Å². The lowest BCUT2D eigenvalue weighted by Crippen LogP contribution is -2.35. The molecule has 0 spiro atoms. The first-order valence-electron chi connectivity index (χ1n) is 10.5. The van der Waals surface area contributed by atoms with Crippen LogP contribution in [0.15, 0.2) is 47.4 Å². The molecule has 0 saturated heterocycles. The number of sulfonamides is 2. The van der Waals surface area contributed by atoms with Gasteiger partial charge in [0.15, 0.2) is 0 Å². The summed E-state index contributed by atoms with van der Waals surface area (Å²) < 4.78 is 54.2. The molecule has 8 heteroatoms. The van der Waals surface area contributed by atoms with Crippen molar-refractivity contribution in [2.75, 3.05) is 21.8 Å². The summed E-state index contributed by atoms with van der Waals surface area (Å²) in [5.74, 6) is 0.524. The molecule has 1 saturated carbocycles.